The number of nitrogens with zero attached hydrogens (tertiary/aromatic N) is 4. The number of likely N-dealkylation sites (tertiary alicyclic amines) is 1. The minimum atomic E-state index is -0.237. The highest BCUT2D eigenvalue weighted by molar-refractivity contribution is 7.17. The van der Waals surface area contributed by atoms with Crippen LogP contribution in [0.25, 0.3) is 21.6 Å². The van der Waals surface area contributed by atoms with E-state index in [4.69, 9.17) is 10.4 Å². The summed E-state index contributed by atoms with van der Waals surface area (Å²) in [6, 6.07) is 4.63. The number of fused-ring (bicyclic) bond motifs is 2. The number of nitrogens with one attached hydrogen (secondary N) is 3. The van der Waals surface area contributed by atoms with Crippen LogP contribution in [0.15, 0.2) is 24.7 Å². The zero-order valence-corrected chi connectivity index (χ0v) is 18.4. The molecule has 3 aromatic heterocycles. The number of aromatic nitrogens is 3. The Labute approximate surface area is 189 Å². The highest BCUT2D eigenvalue weighted by atomic mass is 32.1. The van der Waals surface area contributed by atoms with Crippen LogP contribution in [0.4, 0.5) is 5.69 Å². The molecular formula is C22H25N7O2S. The molecule has 4 N–H and O–H groups in total. The summed E-state index contributed by atoms with van der Waals surface area (Å²) in [7, 11) is 0. The van der Waals surface area contributed by atoms with Gasteiger partial charge in [-0.05, 0) is 30.7 Å². The predicted molar refractivity (Wildman–Crippen MR) is 122 cm³/mol. The SMILES string of the molecule is N#CCN1C[C@H]2CC(Nc3c(-c4ncc(C(=O)NCCO)s4)cnc4[nH]ccc34)C[C@H]2C1. The number of hydrogen-bond acceptors (Lipinski definition) is 8. The molecule has 2 fully saturated rings. The monoisotopic (exact) mass is 451 g/mol. The van der Waals surface area contributed by atoms with Crippen molar-refractivity contribution in [3.8, 4) is 16.6 Å². The summed E-state index contributed by atoms with van der Waals surface area (Å²) in [5, 5.41) is 26.1. The van der Waals surface area contributed by atoms with Gasteiger partial charge in [-0.3, -0.25) is 9.69 Å². The summed E-state index contributed by atoms with van der Waals surface area (Å²) >= 11 is 1.32. The predicted octanol–water partition coefficient (Wildman–Crippen LogP) is 2.05. The number of thiazole rings is 1. The van der Waals surface area contributed by atoms with E-state index in [0.717, 1.165) is 53.2 Å². The molecule has 9 nitrogen and oxygen atoms in total. The summed E-state index contributed by atoms with van der Waals surface area (Å²) in [4.78, 5) is 27.2. The Morgan fingerprint density at radius 1 is 1.31 bits per heavy atom. The van der Waals surface area contributed by atoms with E-state index in [1.807, 2.05) is 12.3 Å². The van der Waals surface area contributed by atoms with Gasteiger partial charge in [0.05, 0.1) is 36.7 Å². The second kappa shape index (κ2) is 8.86. The Bertz CT molecular complexity index is 1150. The topological polar surface area (TPSA) is 130 Å². The minimum Gasteiger partial charge on any atom is -0.395 e. The normalized spacial score (nSPS) is 22.7. The zero-order chi connectivity index (χ0) is 22.1. The first-order valence-electron chi connectivity index (χ1n) is 10.8. The van der Waals surface area contributed by atoms with E-state index in [2.05, 4.69) is 36.6 Å². The van der Waals surface area contributed by atoms with E-state index in [1.165, 1.54) is 11.3 Å². The highest BCUT2D eigenvalue weighted by Crippen LogP contribution is 2.42. The summed E-state index contributed by atoms with van der Waals surface area (Å²) < 4.78 is 0. The molecule has 1 aliphatic heterocycles. The van der Waals surface area contributed by atoms with Crippen LogP contribution in [0.1, 0.15) is 22.5 Å². The van der Waals surface area contributed by atoms with E-state index >= 15 is 0 Å². The molecule has 3 aromatic rings. The van der Waals surface area contributed by atoms with E-state index in [-0.39, 0.29) is 19.1 Å². The number of hydrogen-bond donors (Lipinski definition) is 4. The molecular weight excluding hydrogens is 426 g/mol. The lowest BCUT2D eigenvalue weighted by Gasteiger charge is -2.20. The molecule has 0 spiro atoms. The van der Waals surface area contributed by atoms with Crippen LogP contribution in [-0.4, -0.2) is 69.7 Å². The molecule has 0 radical (unpaired) electrons. The van der Waals surface area contributed by atoms with Gasteiger partial charge in [0, 0.05) is 43.5 Å². The molecule has 4 heterocycles. The van der Waals surface area contributed by atoms with Crippen LogP contribution in [0.3, 0.4) is 0 Å². The van der Waals surface area contributed by atoms with Gasteiger partial charge in [-0.25, -0.2) is 9.97 Å². The number of carbonyl (C=O) groups is 1. The Hall–Kier alpha value is -3.00. The lowest BCUT2D eigenvalue weighted by atomic mass is 10.0. The molecule has 2 aliphatic rings. The Kier molecular flexibility index (Phi) is 5.78. The van der Waals surface area contributed by atoms with Crippen molar-refractivity contribution in [1.29, 1.82) is 5.26 Å². The fraction of sp³-hybridized carbons (Fsp3) is 0.455. The number of amides is 1. The first-order valence-corrected chi connectivity index (χ1v) is 11.6. The number of aliphatic hydroxyl groups is 1. The number of pyridine rings is 1. The molecule has 1 aliphatic carbocycles. The molecule has 5 rings (SSSR count). The molecule has 0 bridgehead atoms. The van der Waals surface area contributed by atoms with Gasteiger partial charge < -0.3 is 20.7 Å². The zero-order valence-electron chi connectivity index (χ0n) is 17.5. The molecule has 10 heteroatoms. The third-order valence-electron chi connectivity index (χ3n) is 6.41. The van der Waals surface area contributed by atoms with Crippen LogP contribution < -0.4 is 10.6 Å². The number of aromatic amines is 1. The van der Waals surface area contributed by atoms with Gasteiger partial charge >= 0.3 is 0 Å². The molecule has 1 amide bonds. The van der Waals surface area contributed by atoms with Crippen molar-refractivity contribution in [2.75, 3.05) is 38.1 Å². The standard InChI is InChI=1S/C22H25N7O2S/c23-2-5-29-11-13-7-15(8-14(13)12-29)28-19-16-1-3-24-20(16)26-9-17(19)22-27-10-18(32-22)21(31)25-4-6-30/h1,3,9-10,13-15,30H,4-8,11-12H2,(H,25,31)(H2,24,26,28)/t13-,14+,15?. The molecule has 1 unspecified atom stereocenters. The highest BCUT2D eigenvalue weighted by Gasteiger charge is 2.41. The van der Waals surface area contributed by atoms with Crippen LogP contribution >= 0.6 is 11.3 Å². The van der Waals surface area contributed by atoms with Crippen LogP contribution in [0, 0.1) is 23.2 Å². The Morgan fingerprint density at radius 2 is 2.12 bits per heavy atom. The largest absolute Gasteiger partial charge is 0.395 e. The Morgan fingerprint density at radius 3 is 2.88 bits per heavy atom. The fourth-order valence-corrected chi connectivity index (χ4v) is 5.88. The minimum absolute atomic E-state index is 0.100. The van der Waals surface area contributed by atoms with Crippen LogP contribution in [0.5, 0.6) is 0 Å². The maximum atomic E-state index is 12.3. The van der Waals surface area contributed by atoms with Gasteiger partial charge in [0.1, 0.15) is 15.5 Å². The quantitative estimate of drug-likeness (QED) is 0.405. The number of aliphatic hydroxyl groups excluding tert-OH is 1. The van der Waals surface area contributed by atoms with Crippen molar-refractivity contribution in [2.45, 2.75) is 18.9 Å². The van der Waals surface area contributed by atoms with Gasteiger partial charge in [-0.1, -0.05) is 0 Å². The number of rotatable bonds is 7. The Balaban J connectivity index is 1.39. The maximum Gasteiger partial charge on any atom is 0.263 e. The molecule has 3 atom stereocenters. The van der Waals surface area contributed by atoms with Crippen LogP contribution in [0.2, 0.25) is 0 Å². The summed E-state index contributed by atoms with van der Waals surface area (Å²) in [5.41, 5.74) is 2.69. The van der Waals surface area contributed by atoms with Crippen molar-refractivity contribution in [3.05, 3.63) is 29.5 Å². The fourth-order valence-electron chi connectivity index (χ4n) is 5.03. The lowest BCUT2D eigenvalue weighted by molar-refractivity contribution is 0.0948. The molecule has 0 aromatic carbocycles. The van der Waals surface area contributed by atoms with Gasteiger partial charge in [-0.15, -0.1) is 11.3 Å². The van der Waals surface area contributed by atoms with Crippen LogP contribution in [-0.2, 0) is 0 Å². The molecule has 1 saturated heterocycles. The van der Waals surface area contributed by atoms with Gasteiger partial charge in [0.2, 0.25) is 0 Å². The van der Waals surface area contributed by atoms with Crippen molar-refractivity contribution in [3.63, 3.8) is 0 Å². The maximum absolute atomic E-state index is 12.3. The van der Waals surface area contributed by atoms with E-state index in [9.17, 15) is 4.79 Å². The second-order valence-electron chi connectivity index (χ2n) is 8.48. The smallest absolute Gasteiger partial charge is 0.263 e. The number of H-pyrrole nitrogens is 1. The van der Waals surface area contributed by atoms with E-state index < -0.39 is 0 Å². The molecule has 1 saturated carbocycles. The number of nitriles is 1. The average molecular weight is 452 g/mol. The molecule has 166 valence electrons. The first-order chi connectivity index (χ1) is 15.7. The third kappa shape index (κ3) is 3.95. The van der Waals surface area contributed by atoms with Crippen molar-refractivity contribution < 1.29 is 9.90 Å². The van der Waals surface area contributed by atoms with E-state index in [1.54, 1.807) is 12.4 Å². The number of carbonyl (C=O) groups excluding carboxylic acids is 1. The average Bonchev–Trinajstić information content (AvgIpc) is 3.55. The van der Waals surface area contributed by atoms with E-state index in [0.29, 0.717) is 29.3 Å². The third-order valence-corrected chi connectivity index (χ3v) is 7.44. The lowest BCUT2D eigenvalue weighted by Crippen LogP contribution is -2.25. The van der Waals surface area contributed by atoms with Crippen molar-refractivity contribution >= 4 is 34.0 Å². The second-order valence-corrected chi connectivity index (χ2v) is 9.51. The summed E-state index contributed by atoms with van der Waals surface area (Å²) in [5.74, 6) is 1.00. The van der Waals surface area contributed by atoms with Gasteiger partial charge in [0.25, 0.3) is 5.91 Å². The van der Waals surface area contributed by atoms with Gasteiger partial charge in [-0.2, -0.15) is 5.26 Å². The van der Waals surface area contributed by atoms with Crippen molar-refractivity contribution in [1.82, 2.24) is 25.2 Å². The summed E-state index contributed by atoms with van der Waals surface area (Å²) in [6.07, 6.45) is 7.41. The number of anilines is 1. The summed E-state index contributed by atoms with van der Waals surface area (Å²) in [6.45, 7) is 2.63. The molecule has 32 heavy (non-hydrogen) atoms. The van der Waals surface area contributed by atoms with Gasteiger partial charge in [0.15, 0.2) is 0 Å². The first kappa shape index (κ1) is 20.9. The van der Waals surface area contributed by atoms with Crippen molar-refractivity contribution in [2.24, 2.45) is 11.8 Å².